The van der Waals surface area contributed by atoms with Crippen molar-refractivity contribution in [2.24, 2.45) is 0 Å². The van der Waals surface area contributed by atoms with Crippen molar-refractivity contribution in [3.8, 4) is 5.75 Å². The van der Waals surface area contributed by atoms with E-state index in [1.807, 2.05) is 30.3 Å². The Hall–Kier alpha value is -3.05. The molecule has 1 heterocycles. The molecule has 0 radical (unpaired) electrons. The van der Waals surface area contributed by atoms with Crippen LogP contribution in [-0.2, 0) is 4.79 Å². The van der Waals surface area contributed by atoms with E-state index in [4.69, 9.17) is 16.3 Å². The minimum Gasteiger partial charge on any atom is -0.484 e. The number of hydrogen-bond donors (Lipinski definition) is 2. The van der Waals surface area contributed by atoms with Gasteiger partial charge in [0.15, 0.2) is 6.61 Å². The van der Waals surface area contributed by atoms with Gasteiger partial charge in [0.2, 0.25) is 0 Å². The molecule has 0 aliphatic heterocycles. The average Bonchev–Trinajstić information content (AvgIpc) is 2.64. The van der Waals surface area contributed by atoms with Crippen LogP contribution in [0.4, 0.5) is 17.2 Å². The van der Waals surface area contributed by atoms with E-state index in [9.17, 15) is 4.79 Å². The topological polar surface area (TPSA) is 63.2 Å². The summed E-state index contributed by atoms with van der Waals surface area (Å²) >= 11 is 5.80. The van der Waals surface area contributed by atoms with Crippen molar-refractivity contribution in [3.05, 3.63) is 77.9 Å². The molecule has 2 aromatic carbocycles. The number of rotatable bonds is 6. The van der Waals surface area contributed by atoms with E-state index >= 15 is 0 Å². The largest absolute Gasteiger partial charge is 0.484 e. The fourth-order valence-corrected chi connectivity index (χ4v) is 2.21. The summed E-state index contributed by atoms with van der Waals surface area (Å²) in [5.74, 6) is 1.02. The first kappa shape index (κ1) is 16.8. The Labute approximate surface area is 150 Å². The van der Waals surface area contributed by atoms with E-state index in [1.54, 1.807) is 42.6 Å². The lowest BCUT2D eigenvalue weighted by Crippen LogP contribution is -2.20. The Kier molecular flexibility index (Phi) is 5.49. The smallest absolute Gasteiger partial charge is 0.262 e. The van der Waals surface area contributed by atoms with Crippen LogP contribution in [0.3, 0.4) is 0 Å². The predicted molar refractivity (Wildman–Crippen MR) is 99.5 cm³/mol. The Bertz CT molecular complexity index is 822. The number of halogens is 1. The maximum absolute atomic E-state index is 11.9. The highest BCUT2D eigenvalue weighted by Crippen LogP contribution is 2.17. The monoisotopic (exact) mass is 353 g/mol. The summed E-state index contributed by atoms with van der Waals surface area (Å²) in [7, 11) is 0. The van der Waals surface area contributed by atoms with Gasteiger partial charge in [0.1, 0.15) is 11.6 Å². The first-order valence-electron chi connectivity index (χ1n) is 7.65. The summed E-state index contributed by atoms with van der Waals surface area (Å²) in [6.45, 7) is -0.0916. The number of nitrogens with zero attached hydrogens (tertiary/aromatic N) is 1. The zero-order valence-electron chi connectivity index (χ0n) is 13.3. The Morgan fingerprint density at radius 1 is 0.960 bits per heavy atom. The number of carbonyl (C=O) groups is 1. The molecule has 0 saturated carbocycles. The second kappa shape index (κ2) is 8.17. The lowest BCUT2D eigenvalue weighted by atomic mass is 10.3. The van der Waals surface area contributed by atoms with Gasteiger partial charge in [-0.1, -0.05) is 29.8 Å². The van der Waals surface area contributed by atoms with Gasteiger partial charge in [0, 0.05) is 10.7 Å². The van der Waals surface area contributed by atoms with Gasteiger partial charge in [-0.15, -0.1) is 0 Å². The van der Waals surface area contributed by atoms with Crippen molar-refractivity contribution in [1.29, 1.82) is 0 Å². The van der Waals surface area contributed by atoms with Gasteiger partial charge < -0.3 is 15.4 Å². The number of hydrogen-bond acceptors (Lipinski definition) is 4. The fourth-order valence-electron chi connectivity index (χ4n) is 2.09. The van der Waals surface area contributed by atoms with Gasteiger partial charge in [-0.2, -0.15) is 0 Å². The number of amides is 1. The minimum absolute atomic E-state index is 0.0916. The van der Waals surface area contributed by atoms with Crippen LogP contribution in [0, 0.1) is 0 Å². The maximum atomic E-state index is 11.9. The Morgan fingerprint density at radius 2 is 1.72 bits per heavy atom. The van der Waals surface area contributed by atoms with Crippen molar-refractivity contribution in [2.75, 3.05) is 17.2 Å². The summed E-state index contributed by atoms with van der Waals surface area (Å²) in [6, 6.07) is 20.1. The molecule has 5 nitrogen and oxygen atoms in total. The molecular weight excluding hydrogens is 338 g/mol. The van der Waals surface area contributed by atoms with Crippen LogP contribution in [-0.4, -0.2) is 17.5 Å². The van der Waals surface area contributed by atoms with Crippen LogP contribution in [0.1, 0.15) is 0 Å². The molecule has 126 valence electrons. The first-order chi connectivity index (χ1) is 12.2. The van der Waals surface area contributed by atoms with Crippen LogP contribution in [0.5, 0.6) is 5.75 Å². The first-order valence-corrected chi connectivity index (χ1v) is 8.03. The summed E-state index contributed by atoms with van der Waals surface area (Å²) in [4.78, 5) is 16.2. The molecule has 0 bridgehead atoms. The molecule has 3 aromatic rings. The van der Waals surface area contributed by atoms with E-state index in [2.05, 4.69) is 15.6 Å². The van der Waals surface area contributed by atoms with Gasteiger partial charge in [-0.25, -0.2) is 4.98 Å². The third-order valence-corrected chi connectivity index (χ3v) is 3.53. The normalized spacial score (nSPS) is 10.1. The summed E-state index contributed by atoms with van der Waals surface area (Å²) < 4.78 is 5.39. The summed E-state index contributed by atoms with van der Waals surface area (Å²) in [5.41, 5.74) is 1.55. The van der Waals surface area contributed by atoms with E-state index < -0.39 is 0 Å². The van der Waals surface area contributed by atoms with Crippen molar-refractivity contribution >= 4 is 34.7 Å². The molecule has 3 rings (SSSR count). The number of benzene rings is 2. The van der Waals surface area contributed by atoms with Crippen molar-refractivity contribution in [1.82, 2.24) is 4.98 Å². The predicted octanol–water partition coefficient (Wildman–Crippen LogP) is 4.50. The third-order valence-electron chi connectivity index (χ3n) is 3.28. The summed E-state index contributed by atoms with van der Waals surface area (Å²) in [5, 5.41) is 6.53. The second-order valence-corrected chi connectivity index (χ2v) is 5.65. The Balaban J connectivity index is 1.50. The third kappa shape index (κ3) is 5.22. The van der Waals surface area contributed by atoms with Crippen molar-refractivity contribution in [3.63, 3.8) is 0 Å². The van der Waals surface area contributed by atoms with Crippen LogP contribution >= 0.6 is 11.6 Å². The van der Waals surface area contributed by atoms with Crippen molar-refractivity contribution in [2.45, 2.75) is 0 Å². The molecule has 0 aliphatic carbocycles. The number of para-hydroxylation sites is 1. The minimum atomic E-state index is -0.263. The number of anilines is 3. The zero-order valence-corrected chi connectivity index (χ0v) is 14.0. The van der Waals surface area contributed by atoms with Crippen molar-refractivity contribution < 1.29 is 9.53 Å². The van der Waals surface area contributed by atoms with Gasteiger partial charge in [-0.3, -0.25) is 4.79 Å². The Morgan fingerprint density at radius 3 is 2.40 bits per heavy atom. The molecule has 2 N–H and O–H groups in total. The zero-order chi connectivity index (χ0) is 17.5. The molecule has 0 spiro atoms. The van der Waals surface area contributed by atoms with E-state index in [1.165, 1.54) is 0 Å². The highest BCUT2D eigenvalue weighted by Gasteiger charge is 2.05. The molecule has 0 saturated heterocycles. The van der Waals surface area contributed by atoms with E-state index in [0.717, 1.165) is 5.69 Å². The molecule has 6 heteroatoms. The van der Waals surface area contributed by atoms with Crippen LogP contribution < -0.4 is 15.4 Å². The molecule has 1 aromatic heterocycles. The quantitative estimate of drug-likeness (QED) is 0.685. The van der Waals surface area contributed by atoms with Gasteiger partial charge >= 0.3 is 0 Å². The molecule has 0 unspecified atom stereocenters. The van der Waals surface area contributed by atoms with E-state index in [0.29, 0.717) is 22.3 Å². The molecule has 0 atom stereocenters. The number of carbonyl (C=O) groups excluding carboxylic acids is 1. The van der Waals surface area contributed by atoms with Gasteiger partial charge in [0.25, 0.3) is 5.91 Å². The SMILES string of the molecule is O=C(COc1ccc(Cl)cc1)Nc1ccc(Nc2ccccc2)nc1. The number of pyridine rings is 1. The molecular formula is C19H16ClN3O2. The van der Waals surface area contributed by atoms with Gasteiger partial charge in [0.05, 0.1) is 11.9 Å². The average molecular weight is 354 g/mol. The van der Waals surface area contributed by atoms with Crippen LogP contribution in [0.2, 0.25) is 5.02 Å². The fraction of sp³-hybridized carbons (Fsp3) is 0.0526. The number of nitrogens with one attached hydrogen (secondary N) is 2. The number of aromatic nitrogens is 1. The lowest BCUT2D eigenvalue weighted by molar-refractivity contribution is -0.118. The highest BCUT2D eigenvalue weighted by atomic mass is 35.5. The van der Waals surface area contributed by atoms with Crippen LogP contribution in [0.25, 0.3) is 0 Å². The van der Waals surface area contributed by atoms with Crippen LogP contribution in [0.15, 0.2) is 72.9 Å². The maximum Gasteiger partial charge on any atom is 0.262 e. The standard InChI is InChI=1S/C19H16ClN3O2/c20-14-6-9-17(10-7-14)25-13-19(24)23-16-8-11-18(21-12-16)22-15-4-2-1-3-5-15/h1-12H,13H2,(H,21,22)(H,23,24). The second-order valence-electron chi connectivity index (χ2n) is 5.21. The molecule has 25 heavy (non-hydrogen) atoms. The van der Waals surface area contributed by atoms with E-state index in [-0.39, 0.29) is 12.5 Å². The van der Waals surface area contributed by atoms with Gasteiger partial charge in [-0.05, 0) is 48.5 Å². The summed E-state index contributed by atoms with van der Waals surface area (Å²) in [6.07, 6.45) is 1.59. The molecule has 0 aliphatic rings. The molecule has 1 amide bonds. The highest BCUT2D eigenvalue weighted by molar-refractivity contribution is 6.30. The number of ether oxygens (including phenoxy) is 1. The molecule has 0 fully saturated rings. The lowest BCUT2D eigenvalue weighted by Gasteiger charge is -2.09.